The highest BCUT2D eigenvalue weighted by atomic mass is 15.3. The summed E-state index contributed by atoms with van der Waals surface area (Å²) in [4.78, 5) is 0. The van der Waals surface area contributed by atoms with Crippen molar-refractivity contribution < 1.29 is 0 Å². The first-order chi connectivity index (χ1) is 6.03. The van der Waals surface area contributed by atoms with Crippen LogP contribution in [0, 0.1) is 12.3 Å². The second-order valence-electron chi connectivity index (χ2n) is 4.35. The molecule has 0 aliphatic rings. The van der Waals surface area contributed by atoms with Gasteiger partial charge >= 0.3 is 0 Å². The molecular formula is C10H19N3. The molecule has 0 aromatic carbocycles. The van der Waals surface area contributed by atoms with Gasteiger partial charge in [0.25, 0.3) is 0 Å². The number of hydrogen-bond acceptors (Lipinski definition) is 2. The summed E-state index contributed by atoms with van der Waals surface area (Å²) in [6.45, 7) is 8.45. The van der Waals surface area contributed by atoms with Gasteiger partial charge in [-0.2, -0.15) is 5.10 Å². The van der Waals surface area contributed by atoms with E-state index in [0.29, 0.717) is 0 Å². The topological polar surface area (TPSA) is 29.9 Å². The molecule has 3 heteroatoms. The van der Waals surface area contributed by atoms with Crippen molar-refractivity contribution in [2.45, 2.75) is 27.3 Å². The highest BCUT2D eigenvalue weighted by Gasteiger charge is 2.17. The molecule has 0 saturated carbocycles. The van der Waals surface area contributed by atoms with Crippen molar-refractivity contribution in [3.05, 3.63) is 18.0 Å². The Hall–Kier alpha value is -0.830. The molecule has 1 rings (SSSR count). The summed E-state index contributed by atoms with van der Waals surface area (Å²) in [5.41, 5.74) is 1.34. The molecule has 0 amide bonds. The van der Waals surface area contributed by atoms with Gasteiger partial charge in [-0.05, 0) is 25.5 Å². The van der Waals surface area contributed by atoms with Gasteiger partial charge in [0.1, 0.15) is 0 Å². The van der Waals surface area contributed by atoms with Crippen LogP contribution < -0.4 is 5.32 Å². The fourth-order valence-corrected chi connectivity index (χ4v) is 1.52. The van der Waals surface area contributed by atoms with E-state index in [-0.39, 0.29) is 5.41 Å². The lowest BCUT2D eigenvalue weighted by atomic mass is 9.94. The van der Waals surface area contributed by atoms with Gasteiger partial charge in [0.2, 0.25) is 0 Å². The van der Waals surface area contributed by atoms with E-state index in [1.807, 2.05) is 30.9 Å². The van der Waals surface area contributed by atoms with E-state index in [1.54, 1.807) is 0 Å². The maximum absolute atomic E-state index is 4.37. The first-order valence-corrected chi connectivity index (χ1v) is 4.68. The first-order valence-electron chi connectivity index (χ1n) is 4.68. The first kappa shape index (κ1) is 10.3. The lowest BCUT2D eigenvalue weighted by Gasteiger charge is -2.23. The molecule has 74 valence electrons. The fraction of sp³-hybridized carbons (Fsp3) is 0.700. The van der Waals surface area contributed by atoms with E-state index in [2.05, 4.69) is 24.3 Å². The predicted octanol–water partition coefficient (Wildman–Crippen LogP) is 1.44. The summed E-state index contributed by atoms with van der Waals surface area (Å²) >= 11 is 0. The van der Waals surface area contributed by atoms with Crippen LogP contribution in [0.4, 0.5) is 0 Å². The molecule has 0 spiro atoms. The van der Waals surface area contributed by atoms with Gasteiger partial charge in [0.15, 0.2) is 0 Å². The van der Waals surface area contributed by atoms with Crippen LogP contribution >= 0.6 is 0 Å². The second kappa shape index (κ2) is 3.92. The molecule has 0 atom stereocenters. The van der Waals surface area contributed by atoms with Crippen LogP contribution in [0.1, 0.15) is 19.5 Å². The number of aryl methyl sites for hydroxylation is 1. The zero-order valence-corrected chi connectivity index (χ0v) is 8.96. The smallest absolute Gasteiger partial charge is 0.0593 e. The van der Waals surface area contributed by atoms with Gasteiger partial charge < -0.3 is 5.32 Å². The highest BCUT2D eigenvalue weighted by molar-refractivity contribution is 4.95. The molecule has 0 radical (unpaired) electrons. The monoisotopic (exact) mass is 181 g/mol. The van der Waals surface area contributed by atoms with Crippen molar-refractivity contribution in [2.24, 2.45) is 5.41 Å². The Morgan fingerprint density at radius 3 is 2.69 bits per heavy atom. The Labute approximate surface area is 80.1 Å². The average molecular weight is 181 g/mol. The van der Waals surface area contributed by atoms with Gasteiger partial charge in [0.05, 0.1) is 5.69 Å². The standard InChI is InChI=1S/C10H19N3/c1-9-5-6-13(12-9)8-10(2,3)7-11-4/h5-6,11H,7-8H2,1-4H3. The minimum absolute atomic E-state index is 0.257. The highest BCUT2D eigenvalue weighted by Crippen LogP contribution is 2.16. The van der Waals surface area contributed by atoms with Gasteiger partial charge in [-0.1, -0.05) is 13.8 Å². The summed E-state index contributed by atoms with van der Waals surface area (Å²) in [6, 6.07) is 2.04. The van der Waals surface area contributed by atoms with Crippen molar-refractivity contribution in [1.82, 2.24) is 15.1 Å². The minimum atomic E-state index is 0.257. The van der Waals surface area contributed by atoms with E-state index in [1.165, 1.54) is 0 Å². The van der Waals surface area contributed by atoms with Gasteiger partial charge in [-0.15, -0.1) is 0 Å². The molecule has 0 fully saturated rings. The third-order valence-electron chi connectivity index (χ3n) is 2.02. The molecule has 0 unspecified atom stereocenters. The predicted molar refractivity (Wildman–Crippen MR) is 54.7 cm³/mol. The molecule has 0 saturated heterocycles. The van der Waals surface area contributed by atoms with Crippen LogP contribution in [0.2, 0.25) is 0 Å². The van der Waals surface area contributed by atoms with Crippen molar-refractivity contribution >= 4 is 0 Å². The van der Waals surface area contributed by atoms with Crippen LogP contribution in [0.15, 0.2) is 12.3 Å². The van der Waals surface area contributed by atoms with E-state index < -0.39 is 0 Å². The van der Waals surface area contributed by atoms with E-state index in [4.69, 9.17) is 0 Å². The second-order valence-corrected chi connectivity index (χ2v) is 4.35. The lowest BCUT2D eigenvalue weighted by molar-refractivity contribution is 0.283. The SMILES string of the molecule is CNCC(C)(C)Cn1ccc(C)n1. The average Bonchev–Trinajstić information content (AvgIpc) is 2.34. The fourth-order valence-electron chi connectivity index (χ4n) is 1.52. The van der Waals surface area contributed by atoms with Crippen LogP contribution in [-0.2, 0) is 6.54 Å². The Morgan fingerprint density at radius 2 is 2.23 bits per heavy atom. The number of nitrogens with one attached hydrogen (secondary N) is 1. The summed E-state index contributed by atoms with van der Waals surface area (Å²) in [5, 5.41) is 7.56. The third kappa shape index (κ3) is 3.19. The zero-order valence-electron chi connectivity index (χ0n) is 8.96. The van der Waals surface area contributed by atoms with Crippen LogP contribution in [0.5, 0.6) is 0 Å². The molecule has 0 aliphatic carbocycles. The molecule has 1 aromatic heterocycles. The van der Waals surface area contributed by atoms with Crippen molar-refractivity contribution in [3.63, 3.8) is 0 Å². The Bertz CT molecular complexity index is 263. The normalized spacial score (nSPS) is 12.0. The Morgan fingerprint density at radius 1 is 1.54 bits per heavy atom. The third-order valence-corrected chi connectivity index (χ3v) is 2.02. The number of nitrogens with zero attached hydrogens (tertiary/aromatic N) is 2. The zero-order chi connectivity index (χ0) is 9.90. The summed E-state index contributed by atoms with van der Waals surface area (Å²) in [6.07, 6.45) is 2.03. The molecule has 3 nitrogen and oxygen atoms in total. The van der Waals surface area contributed by atoms with Crippen molar-refractivity contribution in [1.29, 1.82) is 0 Å². The molecule has 1 N–H and O–H groups in total. The molecule has 0 aliphatic heterocycles. The number of aromatic nitrogens is 2. The van der Waals surface area contributed by atoms with E-state index in [0.717, 1.165) is 18.8 Å². The van der Waals surface area contributed by atoms with Crippen LogP contribution in [-0.4, -0.2) is 23.4 Å². The largest absolute Gasteiger partial charge is 0.319 e. The van der Waals surface area contributed by atoms with Gasteiger partial charge in [0, 0.05) is 19.3 Å². The summed E-state index contributed by atoms with van der Waals surface area (Å²) < 4.78 is 2.01. The molecule has 13 heavy (non-hydrogen) atoms. The van der Waals surface area contributed by atoms with Gasteiger partial charge in [-0.25, -0.2) is 0 Å². The lowest BCUT2D eigenvalue weighted by Crippen LogP contribution is -2.31. The van der Waals surface area contributed by atoms with E-state index >= 15 is 0 Å². The minimum Gasteiger partial charge on any atom is -0.319 e. The quantitative estimate of drug-likeness (QED) is 0.761. The number of hydrogen-bond donors (Lipinski definition) is 1. The number of rotatable bonds is 4. The summed E-state index contributed by atoms with van der Waals surface area (Å²) in [7, 11) is 1.98. The van der Waals surface area contributed by atoms with E-state index in [9.17, 15) is 0 Å². The Kier molecular flexibility index (Phi) is 3.09. The van der Waals surface area contributed by atoms with Gasteiger partial charge in [-0.3, -0.25) is 4.68 Å². The van der Waals surface area contributed by atoms with Crippen molar-refractivity contribution in [2.75, 3.05) is 13.6 Å². The summed E-state index contributed by atoms with van der Waals surface area (Å²) in [5.74, 6) is 0. The maximum atomic E-state index is 4.37. The van der Waals surface area contributed by atoms with Crippen LogP contribution in [0.25, 0.3) is 0 Å². The molecular weight excluding hydrogens is 162 g/mol. The molecule has 1 aromatic rings. The van der Waals surface area contributed by atoms with Crippen LogP contribution in [0.3, 0.4) is 0 Å². The molecule has 1 heterocycles. The molecule has 0 bridgehead atoms. The maximum Gasteiger partial charge on any atom is 0.0593 e. The van der Waals surface area contributed by atoms with Crippen molar-refractivity contribution in [3.8, 4) is 0 Å². The Balaban J connectivity index is 2.57.